The molecular weight excluding hydrogens is 374 g/mol. The molecule has 156 valence electrons. The minimum Gasteiger partial charge on any atom is -0.465 e. The van der Waals surface area contributed by atoms with E-state index in [1.54, 1.807) is 0 Å². The Balaban J connectivity index is 1.83. The van der Waals surface area contributed by atoms with Gasteiger partial charge < -0.3 is 20.4 Å². The zero-order valence-electron chi connectivity index (χ0n) is 17.5. The zero-order chi connectivity index (χ0) is 20.7. The number of nitrogens with one attached hydrogen (secondary N) is 1. The number of esters is 1. The van der Waals surface area contributed by atoms with E-state index in [4.69, 9.17) is 10.5 Å². The van der Waals surface area contributed by atoms with Gasteiger partial charge in [-0.2, -0.15) is 0 Å². The van der Waals surface area contributed by atoms with Gasteiger partial charge in [0.25, 0.3) is 0 Å². The van der Waals surface area contributed by atoms with Crippen LogP contribution < -0.4 is 11.1 Å². The third-order valence-electron chi connectivity index (χ3n) is 6.69. The lowest BCUT2D eigenvalue weighted by atomic mass is 9.81. The van der Waals surface area contributed by atoms with E-state index < -0.39 is 0 Å². The molecule has 1 atom stereocenters. The van der Waals surface area contributed by atoms with E-state index in [0.29, 0.717) is 24.6 Å². The molecule has 0 spiro atoms. The van der Waals surface area contributed by atoms with Crippen LogP contribution in [-0.4, -0.2) is 30.2 Å². The Hall–Kier alpha value is -2.79. The monoisotopic (exact) mass is 403 g/mol. The summed E-state index contributed by atoms with van der Waals surface area (Å²) in [5.41, 5.74) is 13.2. The van der Waals surface area contributed by atoms with Gasteiger partial charge in [-0.25, -0.2) is 4.79 Å². The number of rotatable bonds is 2. The van der Waals surface area contributed by atoms with Crippen molar-refractivity contribution < 1.29 is 9.53 Å². The molecule has 0 bridgehead atoms. The number of anilines is 1. The van der Waals surface area contributed by atoms with Crippen molar-refractivity contribution in [2.45, 2.75) is 50.6 Å². The number of fused-ring (bicyclic) bond motifs is 5. The van der Waals surface area contributed by atoms with E-state index in [9.17, 15) is 4.79 Å². The van der Waals surface area contributed by atoms with Gasteiger partial charge in [-0.15, -0.1) is 0 Å². The van der Waals surface area contributed by atoms with Crippen molar-refractivity contribution in [2.24, 2.45) is 5.73 Å². The van der Waals surface area contributed by atoms with Crippen LogP contribution in [0, 0.1) is 0 Å². The number of benzene rings is 2. The van der Waals surface area contributed by atoms with E-state index in [0.717, 1.165) is 11.2 Å². The number of carbonyl (C=O) groups excluding carboxylic acids is 1. The molecule has 2 aliphatic rings. The van der Waals surface area contributed by atoms with Crippen LogP contribution >= 0.6 is 0 Å². The molecule has 1 unspecified atom stereocenters. The predicted molar refractivity (Wildman–Crippen MR) is 121 cm³/mol. The van der Waals surface area contributed by atoms with Crippen molar-refractivity contribution in [3.63, 3.8) is 0 Å². The highest BCUT2D eigenvalue weighted by Gasteiger charge is 2.29. The van der Waals surface area contributed by atoms with Gasteiger partial charge >= 0.3 is 5.97 Å². The van der Waals surface area contributed by atoms with E-state index in [2.05, 4.69) is 40.2 Å². The summed E-state index contributed by atoms with van der Waals surface area (Å²) in [4.78, 5) is 12.3. The molecule has 5 rings (SSSR count). The first-order chi connectivity index (χ1) is 14.7. The maximum Gasteiger partial charge on any atom is 0.337 e. The molecule has 0 radical (unpaired) electrons. The Kier molecular flexibility index (Phi) is 4.99. The van der Waals surface area contributed by atoms with Crippen LogP contribution in [0.5, 0.6) is 0 Å². The Bertz CT molecular complexity index is 1100. The first kappa shape index (κ1) is 19.2. The number of hydrogen-bond acceptors (Lipinski definition) is 4. The number of carbonyl (C=O) groups is 1. The van der Waals surface area contributed by atoms with Gasteiger partial charge in [0, 0.05) is 41.3 Å². The van der Waals surface area contributed by atoms with Crippen LogP contribution in [0.2, 0.25) is 0 Å². The van der Waals surface area contributed by atoms with Crippen LogP contribution in [0.4, 0.5) is 5.69 Å². The number of hydrogen-bond donors (Lipinski definition) is 2. The number of aromatic nitrogens is 1. The normalized spacial score (nSPS) is 19.3. The van der Waals surface area contributed by atoms with Crippen LogP contribution in [0.25, 0.3) is 22.2 Å². The lowest BCUT2D eigenvalue weighted by Crippen LogP contribution is -2.35. The lowest BCUT2D eigenvalue weighted by Gasteiger charge is -2.27. The zero-order valence-corrected chi connectivity index (χ0v) is 17.5. The minimum atomic E-state index is -0.302. The van der Waals surface area contributed by atoms with E-state index >= 15 is 0 Å². The van der Waals surface area contributed by atoms with Crippen molar-refractivity contribution in [1.82, 2.24) is 4.57 Å². The Morgan fingerprint density at radius 3 is 2.73 bits per heavy atom. The molecule has 1 fully saturated rings. The summed E-state index contributed by atoms with van der Waals surface area (Å²) in [7, 11) is 1.43. The third-order valence-corrected chi connectivity index (χ3v) is 6.69. The quantitative estimate of drug-likeness (QED) is 0.598. The molecule has 2 aromatic carbocycles. The van der Waals surface area contributed by atoms with Crippen molar-refractivity contribution in [2.75, 3.05) is 19.0 Å². The average molecular weight is 404 g/mol. The number of para-hydroxylation sites is 1. The Labute approximate surface area is 177 Å². The molecule has 1 aliphatic carbocycles. The van der Waals surface area contributed by atoms with E-state index in [1.165, 1.54) is 61.4 Å². The van der Waals surface area contributed by atoms with Gasteiger partial charge in [-0.1, -0.05) is 43.5 Å². The summed E-state index contributed by atoms with van der Waals surface area (Å²) < 4.78 is 7.35. The second kappa shape index (κ2) is 7.80. The Morgan fingerprint density at radius 2 is 1.93 bits per heavy atom. The standard InChI is InChI=1S/C25H29N3O2/c1-30-25(29)17-11-12-20-22(13-17)28-15-18(26)14-27-21-10-6-5-9-19(21)24(28)23(20)16-7-3-2-4-8-16/h5-6,9-13,16,18,27H,2-4,7-8,14-15,26H2,1H3. The van der Waals surface area contributed by atoms with Crippen molar-refractivity contribution in [1.29, 1.82) is 0 Å². The largest absolute Gasteiger partial charge is 0.465 e. The third kappa shape index (κ3) is 3.18. The fraction of sp³-hybridized carbons (Fsp3) is 0.400. The summed E-state index contributed by atoms with van der Waals surface area (Å²) in [5.74, 6) is 0.231. The molecular formula is C25H29N3O2. The molecule has 3 aromatic rings. The fourth-order valence-electron chi connectivity index (χ4n) is 5.29. The molecule has 2 heterocycles. The van der Waals surface area contributed by atoms with Crippen LogP contribution in [0.15, 0.2) is 42.5 Å². The van der Waals surface area contributed by atoms with Gasteiger partial charge in [0.1, 0.15) is 0 Å². The van der Waals surface area contributed by atoms with E-state index in [1.807, 2.05) is 12.1 Å². The van der Waals surface area contributed by atoms with Crippen LogP contribution in [-0.2, 0) is 11.3 Å². The van der Waals surface area contributed by atoms with Gasteiger partial charge in [0.05, 0.1) is 18.4 Å². The highest BCUT2D eigenvalue weighted by Crippen LogP contribution is 2.46. The van der Waals surface area contributed by atoms with Crippen molar-refractivity contribution >= 4 is 22.6 Å². The smallest absolute Gasteiger partial charge is 0.337 e. The molecule has 5 nitrogen and oxygen atoms in total. The molecule has 0 amide bonds. The maximum absolute atomic E-state index is 12.3. The highest BCUT2D eigenvalue weighted by atomic mass is 16.5. The van der Waals surface area contributed by atoms with Crippen LogP contribution in [0.1, 0.15) is 53.9 Å². The lowest BCUT2D eigenvalue weighted by molar-refractivity contribution is 0.0601. The summed E-state index contributed by atoms with van der Waals surface area (Å²) in [6, 6.07) is 14.5. The summed E-state index contributed by atoms with van der Waals surface area (Å²) in [6.45, 7) is 1.43. The predicted octanol–water partition coefficient (Wildman–Crippen LogP) is 4.90. The topological polar surface area (TPSA) is 69.3 Å². The van der Waals surface area contributed by atoms with Crippen molar-refractivity contribution in [3.8, 4) is 11.3 Å². The number of methoxy groups -OCH3 is 1. The highest BCUT2D eigenvalue weighted by molar-refractivity contribution is 5.99. The molecule has 1 aromatic heterocycles. The first-order valence-corrected chi connectivity index (χ1v) is 11.0. The van der Waals surface area contributed by atoms with Gasteiger partial charge in [-0.3, -0.25) is 0 Å². The molecule has 5 heteroatoms. The first-order valence-electron chi connectivity index (χ1n) is 11.0. The maximum atomic E-state index is 12.3. The molecule has 1 saturated carbocycles. The SMILES string of the molecule is COC(=O)c1ccc2c(C3CCCCC3)c3n(c2c1)CC(N)CNc1ccccc1-3. The van der Waals surface area contributed by atoms with Gasteiger partial charge in [0.2, 0.25) is 0 Å². The average Bonchev–Trinajstić information content (AvgIpc) is 3.09. The summed E-state index contributed by atoms with van der Waals surface area (Å²) in [5, 5.41) is 4.80. The number of nitrogens with two attached hydrogens (primary N) is 1. The molecule has 3 N–H and O–H groups in total. The van der Waals surface area contributed by atoms with E-state index in [-0.39, 0.29) is 12.0 Å². The minimum absolute atomic E-state index is 0.0197. The second-order valence-corrected chi connectivity index (χ2v) is 8.62. The second-order valence-electron chi connectivity index (χ2n) is 8.62. The fourth-order valence-corrected chi connectivity index (χ4v) is 5.29. The van der Waals surface area contributed by atoms with Gasteiger partial charge in [-0.05, 0) is 42.5 Å². The number of ether oxygens (including phenoxy) is 1. The summed E-state index contributed by atoms with van der Waals surface area (Å²) in [6.07, 6.45) is 6.30. The molecule has 30 heavy (non-hydrogen) atoms. The summed E-state index contributed by atoms with van der Waals surface area (Å²) >= 11 is 0. The Morgan fingerprint density at radius 1 is 1.13 bits per heavy atom. The van der Waals surface area contributed by atoms with Crippen LogP contribution in [0.3, 0.4) is 0 Å². The molecule has 1 aliphatic heterocycles. The number of nitrogens with zero attached hydrogens (tertiary/aromatic N) is 1. The van der Waals surface area contributed by atoms with Gasteiger partial charge in [0.15, 0.2) is 0 Å². The molecule has 0 saturated heterocycles. The van der Waals surface area contributed by atoms with Crippen molar-refractivity contribution in [3.05, 3.63) is 53.6 Å².